The summed E-state index contributed by atoms with van der Waals surface area (Å²) in [5, 5.41) is 0. The Balaban J connectivity index is 2.69. The number of unbranched alkanes of at least 4 members (excludes halogenated alkanes) is 2. The molecule has 0 aliphatic heterocycles. The van der Waals surface area contributed by atoms with Crippen LogP contribution in [0.2, 0.25) is 0 Å². The van der Waals surface area contributed by atoms with Crippen molar-refractivity contribution < 1.29 is 8.78 Å². The normalized spacial score (nSPS) is 13.2. The monoisotopic (exact) mass is 284 g/mol. The van der Waals surface area contributed by atoms with Crippen LogP contribution in [0.5, 0.6) is 0 Å². The smallest absolute Gasteiger partial charge is 0.128 e. The van der Waals surface area contributed by atoms with Crippen molar-refractivity contribution in [1.82, 2.24) is 4.90 Å². The van der Waals surface area contributed by atoms with Crippen LogP contribution in [0.3, 0.4) is 0 Å². The third-order valence-electron chi connectivity index (χ3n) is 3.57. The molecule has 20 heavy (non-hydrogen) atoms. The Morgan fingerprint density at radius 2 is 1.90 bits per heavy atom. The zero-order chi connectivity index (χ0) is 15.1. The molecule has 2 nitrogen and oxygen atoms in total. The lowest BCUT2D eigenvalue weighted by atomic mass is 10.1. The van der Waals surface area contributed by atoms with E-state index in [1.165, 1.54) is 12.5 Å². The van der Waals surface area contributed by atoms with Crippen molar-refractivity contribution in [3.05, 3.63) is 35.4 Å². The van der Waals surface area contributed by atoms with E-state index in [4.69, 9.17) is 5.73 Å². The van der Waals surface area contributed by atoms with E-state index in [9.17, 15) is 8.78 Å². The predicted octanol–water partition coefficient (Wildman–Crippen LogP) is 3.87. The van der Waals surface area contributed by atoms with Crippen LogP contribution in [-0.2, 0) is 0 Å². The van der Waals surface area contributed by atoms with Crippen LogP contribution in [0.4, 0.5) is 8.78 Å². The molecule has 0 amide bonds. The van der Waals surface area contributed by atoms with Gasteiger partial charge in [0.2, 0.25) is 0 Å². The Morgan fingerprint density at radius 1 is 1.20 bits per heavy atom. The van der Waals surface area contributed by atoms with Gasteiger partial charge in [-0.25, -0.2) is 8.78 Å². The Kier molecular flexibility index (Phi) is 7.10. The maximum Gasteiger partial charge on any atom is 0.128 e. The highest BCUT2D eigenvalue weighted by atomic mass is 19.1. The molecule has 1 aromatic carbocycles. The van der Waals surface area contributed by atoms with E-state index in [0.717, 1.165) is 31.5 Å². The SMILES string of the molecule is CCCCCN(CC(N)c1cc(F)ccc1F)C(C)C. The maximum atomic E-state index is 13.7. The summed E-state index contributed by atoms with van der Waals surface area (Å²) in [5.74, 6) is -0.880. The molecule has 0 bridgehead atoms. The topological polar surface area (TPSA) is 29.3 Å². The molecule has 1 unspecified atom stereocenters. The summed E-state index contributed by atoms with van der Waals surface area (Å²) in [6.45, 7) is 7.84. The number of benzene rings is 1. The van der Waals surface area contributed by atoms with E-state index in [-0.39, 0.29) is 5.56 Å². The summed E-state index contributed by atoms with van der Waals surface area (Å²) >= 11 is 0. The highest BCUT2D eigenvalue weighted by Crippen LogP contribution is 2.18. The van der Waals surface area contributed by atoms with E-state index < -0.39 is 17.7 Å². The van der Waals surface area contributed by atoms with Crippen molar-refractivity contribution in [2.75, 3.05) is 13.1 Å². The van der Waals surface area contributed by atoms with Gasteiger partial charge in [0.1, 0.15) is 11.6 Å². The minimum absolute atomic E-state index is 0.256. The van der Waals surface area contributed by atoms with E-state index in [2.05, 4.69) is 25.7 Å². The minimum Gasteiger partial charge on any atom is -0.323 e. The minimum atomic E-state index is -0.505. The highest BCUT2D eigenvalue weighted by molar-refractivity contribution is 5.22. The van der Waals surface area contributed by atoms with Gasteiger partial charge in [-0.2, -0.15) is 0 Å². The van der Waals surface area contributed by atoms with Gasteiger partial charge in [0.15, 0.2) is 0 Å². The molecule has 1 aromatic rings. The van der Waals surface area contributed by atoms with Gasteiger partial charge in [-0.05, 0) is 45.0 Å². The van der Waals surface area contributed by atoms with Crippen LogP contribution in [-0.4, -0.2) is 24.0 Å². The molecule has 2 N–H and O–H groups in total. The fourth-order valence-corrected chi connectivity index (χ4v) is 2.27. The molecule has 0 aromatic heterocycles. The average Bonchev–Trinajstić information content (AvgIpc) is 2.40. The lowest BCUT2D eigenvalue weighted by molar-refractivity contribution is 0.203. The van der Waals surface area contributed by atoms with Crippen molar-refractivity contribution in [2.24, 2.45) is 5.73 Å². The molecular weight excluding hydrogens is 258 g/mol. The van der Waals surface area contributed by atoms with Crippen LogP contribution in [0.25, 0.3) is 0 Å². The number of rotatable bonds is 8. The second kappa shape index (κ2) is 8.32. The number of nitrogens with zero attached hydrogens (tertiary/aromatic N) is 1. The molecular formula is C16H26F2N2. The zero-order valence-electron chi connectivity index (χ0n) is 12.7. The molecule has 1 rings (SSSR count). The number of hydrogen-bond acceptors (Lipinski definition) is 2. The first-order valence-electron chi connectivity index (χ1n) is 7.40. The molecule has 0 saturated carbocycles. The molecule has 0 aliphatic carbocycles. The first-order chi connectivity index (χ1) is 9.45. The second-order valence-corrected chi connectivity index (χ2v) is 5.57. The second-order valence-electron chi connectivity index (χ2n) is 5.57. The summed E-state index contributed by atoms with van der Waals surface area (Å²) < 4.78 is 26.9. The number of halogens is 2. The van der Waals surface area contributed by atoms with Crippen LogP contribution >= 0.6 is 0 Å². The van der Waals surface area contributed by atoms with Crippen LogP contribution < -0.4 is 5.73 Å². The Morgan fingerprint density at radius 3 is 2.50 bits per heavy atom. The molecule has 0 spiro atoms. The average molecular weight is 284 g/mol. The Bertz CT molecular complexity index is 407. The Hall–Kier alpha value is -1.00. The van der Waals surface area contributed by atoms with Crippen molar-refractivity contribution in [3.63, 3.8) is 0 Å². The van der Waals surface area contributed by atoms with Gasteiger partial charge in [-0.1, -0.05) is 19.8 Å². The maximum absolute atomic E-state index is 13.7. The van der Waals surface area contributed by atoms with Gasteiger partial charge in [-0.3, -0.25) is 4.90 Å². The van der Waals surface area contributed by atoms with Crippen molar-refractivity contribution >= 4 is 0 Å². The molecule has 0 fully saturated rings. The number of nitrogens with two attached hydrogens (primary N) is 1. The molecule has 114 valence electrons. The van der Waals surface area contributed by atoms with Gasteiger partial charge in [-0.15, -0.1) is 0 Å². The fraction of sp³-hybridized carbons (Fsp3) is 0.625. The summed E-state index contributed by atoms with van der Waals surface area (Å²) in [6.07, 6.45) is 3.44. The van der Waals surface area contributed by atoms with Crippen LogP contribution in [0.1, 0.15) is 51.6 Å². The first-order valence-corrected chi connectivity index (χ1v) is 7.40. The highest BCUT2D eigenvalue weighted by Gasteiger charge is 2.18. The third kappa shape index (κ3) is 5.17. The largest absolute Gasteiger partial charge is 0.323 e. The lowest BCUT2D eigenvalue weighted by Gasteiger charge is -2.29. The van der Waals surface area contributed by atoms with E-state index >= 15 is 0 Å². The van der Waals surface area contributed by atoms with Gasteiger partial charge in [0, 0.05) is 24.2 Å². The van der Waals surface area contributed by atoms with Crippen LogP contribution in [0, 0.1) is 11.6 Å². The van der Waals surface area contributed by atoms with E-state index in [1.54, 1.807) is 0 Å². The van der Waals surface area contributed by atoms with Gasteiger partial charge in [0.05, 0.1) is 0 Å². The third-order valence-corrected chi connectivity index (χ3v) is 3.57. The molecule has 0 saturated heterocycles. The summed E-state index contributed by atoms with van der Waals surface area (Å²) in [6, 6.07) is 3.29. The molecule has 0 radical (unpaired) electrons. The van der Waals surface area contributed by atoms with Crippen LogP contribution in [0.15, 0.2) is 18.2 Å². The lowest BCUT2D eigenvalue weighted by Crippen LogP contribution is -2.38. The van der Waals surface area contributed by atoms with E-state index in [1.807, 2.05) is 0 Å². The van der Waals surface area contributed by atoms with Gasteiger partial charge >= 0.3 is 0 Å². The van der Waals surface area contributed by atoms with Gasteiger partial charge < -0.3 is 5.73 Å². The molecule has 0 heterocycles. The molecule has 0 aliphatic rings. The van der Waals surface area contributed by atoms with Gasteiger partial charge in [0.25, 0.3) is 0 Å². The summed E-state index contributed by atoms with van der Waals surface area (Å²) in [5.41, 5.74) is 6.31. The quantitative estimate of drug-likeness (QED) is 0.734. The summed E-state index contributed by atoms with van der Waals surface area (Å²) in [4.78, 5) is 2.23. The predicted molar refractivity (Wildman–Crippen MR) is 79.5 cm³/mol. The first kappa shape index (κ1) is 17.1. The summed E-state index contributed by atoms with van der Waals surface area (Å²) in [7, 11) is 0. The van der Waals surface area contributed by atoms with Crippen molar-refractivity contribution in [1.29, 1.82) is 0 Å². The van der Waals surface area contributed by atoms with E-state index in [0.29, 0.717) is 12.6 Å². The Labute approximate surface area is 121 Å². The molecule has 1 atom stereocenters. The number of hydrogen-bond donors (Lipinski definition) is 1. The fourth-order valence-electron chi connectivity index (χ4n) is 2.27. The standard InChI is InChI=1S/C16H26F2N2/c1-4-5-6-9-20(12(2)3)11-16(19)14-10-13(17)7-8-15(14)18/h7-8,10,12,16H,4-6,9,11,19H2,1-3H3. The zero-order valence-corrected chi connectivity index (χ0v) is 12.7. The van der Waals surface area contributed by atoms with Crippen molar-refractivity contribution in [3.8, 4) is 0 Å². The molecule has 4 heteroatoms. The van der Waals surface area contributed by atoms with Crippen molar-refractivity contribution in [2.45, 2.75) is 52.1 Å².